The number of hydrogen-bond donors (Lipinski definition) is 1. The van der Waals surface area contributed by atoms with Gasteiger partial charge in [0.15, 0.2) is 0 Å². The van der Waals surface area contributed by atoms with Gasteiger partial charge in [0, 0.05) is 5.25 Å². The van der Waals surface area contributed by atoms with Crippen molar-refractivity contribution in [3.63, 3.8) is 0 Å². The molecular weight excluding hydrogens is 208 g/mol. The Balaban J connectivity index is 1.98. The fourth-order valence-corrected chi connectivity index (χ4v) is 4.76. The molecule has 15 heavy (non-hydrogen) atoms. The Morgan fingerprint density at radius 2 is 2.07 bits per heavy atom. The fraction of sp³-hybridized carbons (Fsp3) is 0.917. The second kappa shape index (κ2) is 3.69. The SMILES string of the molecule is CCC(C)SC1(C(=O)O)CC2(CCC2)C1. The first-order valence-corrected chi connectivity index (χ1v) is 6.81. The van der Waals surface area contributed by atoms with Crippen LogP contribution in [0.15, 0.2) is 0 Å². The van der Waals surface area contributed by atoms with E-state index in [9.17, 15) is 9.90 Å². The first-order chi connectivity index (χ1) is 7.02. The van der Waals surface area contributed by atoms with Crippen LogP contribution >= 0.6 is 11.8 Å². The minimum Gasteiger partial charge on any atom is -0.480 e. The standard InChI is InChI=1S/C12H20O2S/c1-3-9(2)15-12(10(13)14)7-11(8-12)5-4-6-11/h9H,3-8H2,1-2H3,(H,13,14). The summed E-state index contributed by atoms with van der Waals surface area (Å²) in [5, 5.41) is 9.83. The van der Waals surface area contributed by atoms with Crippen molar-refractivity contribution in [2.45, 2.75) is 62.4 Å². The molecule has 1 atom stereocenters. The predicted molar refractivity (Wildman–Crippen MR) is 63.2 cm³/mol. The molecule has 2 aliphatic carbocycles. The molecule has 0 bridgehead atoms. The monoisotopic (exact) mass is 228 g/mol. The maximum atomic E-state index is 11.4. The van der Waals surface area contributed by atoms with E-state index in [2.05, 4.69) is 13.8 Å². The summed E-state index contributed by atoms with van der Waals surface area (Å²) in [6, 6.07) is 0. The Labute approximate surface area is 95.8 Å². The molecule has 0 amide bonds. The first kappa shape index (κ1) is 11.3. The largest absolute Gasteiger partial charge is 0.480 e. The van der Waals surface area contributed by atoms with Gasteiger partial charge in [-0.05, 0) is 37.5 Å². The van der Waals surface area contributed by atoms with Crippen molar-refractivity contribution >= 4 is 17.7 Å². The lowest BCUT2D eigenvalue weighted by Gasteiger charge is -2.59. The summed E-state index contributed by atoms with van der Waals surface area (Å²) in [6.45, 7) is 4.27. The van der Waals surface area contributed by atoms with Gasteiger partial charge in [-0.15, -0.1) is 11.8 Å². The van der Waals surface area contributed by atoms with E-state index >= 15 is 0 Å². The van der Waals surface area contributed by atoms with Crippen LogP contribution in [-0.2, 0) is 4.79 Å². The maximum absolute atomic E-state index is 11.4. The molecule has 2 aliphatic rings. The van der Waals surface area contributed by atoms with Gasteiger partial charge in [-0.1, -0.05) is 20.3 Å². The normalized spacial score (nSPS) is 27.9. The molecule has 0 aliphatic heterocycles. The Morgan fingerprint density at radius 1 is 1.47 bits per heavy atom. The van der Waals surface area contributed by atoms with Gasteiger partial charge >= 0.3 is 5.97 Å². The third-order valence-corrected chi connectivity index (χ3v) is 5.78. The second-order valence-electron chi connectivity index (χ2n) is 5.34. The van der Waals surface area contributed by atoms with Gasteiger partial charge < -0.3 is 5.11 Å². The van der Waals surface area contributed by atoms with Crippen molar-refractivity contribution in [3.8, 4) is 0 Å². The van der Waals surface area contributed by atoms with Gasteiger partial charge in [-0.3, -0.25) is 4.79 Å². The van der Waals surface area contributed by atoms with E-state index in [0.29, 0.717) is 10.7 Å². The lowest BCUT2D eigenvalue weighted by atomic mass is 9.51. The van der Waals surface area contributed by atoms with Crippen molar-refractivity contribution in [2.75, 3.05) is 0 Å². The van der Waals surface area contributed by atoms with Crippen molar-refractivity contribution in [1.82, 2.24) is 0 Å². The molecule has 1 spiro atoms. The summed E-state index contributed by atoms with van der Waals surface area (Å²) in [5.41, 5.74) is 0.443. The molecule has 0 aromatic rings. The lowest BCUT2D eigenvalue weighted by Crippen LogP contribution is -2.58. The Hall–Kier alpha value is -0.180. The maximum Gasteiger partial charge on any atom is 0.319 e. The van der Waals surface area contributed by atoms with Crippen molar-refractivity contribution in [2.24, 2.45) is 5.41 Å². The highest BCUT2D eigenvalue weighted by molar-refractivity contribution is 8.02. The van der Waals surface area contributed by atoms with Crippen LogP contribution < -0.4 is 0 Å². The van der Waals surface area contributed by atoms with E-state index in [4.69, 9.17) is 0 Å². The first-order valence-electron chi connectivity index (χ1n) is 5.93. The smallest absolute Gasteiger partial charge is 0.319 e. The zero-order chi connectivity index (χ0) is 11.1. The quantitative estimate of drug-likeness (QED) is 0.802. The zero-order valence-corrected chi connectivity index (χ0v) is 10.4. The van der Waals surface area contributed by atoms with Crippen LogP contribution in [0.1, 0.15) is 52.4 Å². The average Bonchev–Trinajstić information content (AvgIpc) is 2.06. The van der Waals surface area contributed by atoms with Crippen molar-refractivity contribution < 1.29 is 9.90 Å². The molecule has 0 aromatic carbocycles. The highest BCUT2D eigenvalue weighted by Crippen LogP contribution is 2.65. The van der Waals surface area contributed by atoms with Crippen LogP contribution in [-0.4, -0.2) is 21.1 Å². The number of thioether (sulfide) groups is 1. The van der Waals surface area contributed by atoms with E-state index in [1.165, 1.54) is 19.3 Å². The lowest BCUT2D eigenvalue weighted by molar-refractivity contribution is -0.149. The molecule has 86 valence electrons. The number of hydrogen-bond acceptors (Lipinski definition) is 2. The number of aliphatic carboxylic acids is 1. The predicted octanol–water partition coefficient (Wildman–Crippen LogP) is 3.31. The Kier molecular flexibility index (Phi) is 2.78. The number of carboxylic acid groups (broad SMARTS) is 1. The average molecular weight is 228 g/mol. The summed E-state index contributed by atoms with van der Waals surface area (Å²) in [7, 11) is 0. The van der Waals surface area contributed by atoms with E-state index in [1.54, 1.807) is 11.8 Å². The molecule has 1 unspecified atom stereocenters. The molecule has 0 radical (unpaired) electrons. The van der Waals surface area contributed by atoms with Gasteiger partial charge in [0.2, 0.25) is 0 Å². The minimum atomic E-state index is -0.578. The van der Waals surface area contributed by atoms with Crippen LogP contribution in [0.2, 0.25) is 0 Å². The molecule has 0 aromatic heterocycles. The zero-order valence-electron chi connectivity index (χ0n) is 9.58. The summed E-state index contributed by atoms with van der Waals surface area (Å²) in [4.78, 5) is 11.4. The fourth-order valence-electron chi connectivity index (χ4n) is 2.94. The van der Waals surface area contributed by atoms with E-state index < -0.39 is 10.7 Å². The molecule has 0 heterocycles. The van der Waals surface area contributed by atoms with Gasteiger partial charge in [-0.2, -0.15) is 0 Å². The van der Waals surface area contributed by atoms with E-state index in [0.717, 1.165) is 19.3 Å². The van der Waals surface area contributed by atoms with Crippen LogP contribution in [0.5, 0.6) is 0 Å². The Morgan fingerprint density at radius 3 is 2.40 bits per heavy atom. The number of carboxylic acids is 1. The molecule has 2 nitrogen and oxygen atoms in total. The topological polar surface area (TPSA) is 37.3 Å². The van der Waals surface area contributed by atoms with Gasteiger partial charge in [0.25, 0.3) is 0 Å². The van der Waals surface area contributed by atoms with Crippen LogP contribution in [0.4, 0.5) is 0 Å². The van der Waals surface area contributed by atoms with Gasteiger partial charge in [0.05, 0.1) is 0 Å². The third kappa shape index (κ3) is 1.79. The molecule has 2 fully saturated rings. The van der Waals surface area contributed by atoms with Crippen LogP contribution in [0.25, 0.3) is 0 Å². The summed E-state index contributed by atoms with van der Waals surface area (Å²) < 4.78 is -0.435. The van der Waals surface area contributed by atoms with Gasteiger partial charge in [0.1, 0.15) is 4.75 Å². The minimum absolute atomic E-state index is 0.435. The number of carbonyl (C=O) groups is 1. The number of rotatable bonds is 4. The van der Waals surface area contributed by atoms with Gasteiger partial charge in [-0.25, -0.2) is 0 Å². The van der Waals surface area contributed by atoms with E-state index in [-0.39, 0.29) is 0 Å². The molecule has 2 rings (SSSR count). The Bertz CT molecular complexity index is 257. The van der Waals surface area contributed by atoms with Crippen LogP contribution in [0.3, 0.4) is 0 Å². The summed E-state index contributed by atoms with van der Waals surface area (Å²) in [6.07, 6.45) is 6.75. The highest BCUT2D eigenvalue weighted by atomic mass is 32.2. The highest BCUT2D eigenvalue weighted by Gasteiger charge is 2.61. The third-order valence-electron chi connectivity index (χ3n) is 4.13. The molecular formula is C12H20O2S. The molecule has 3 heteroatoms. The molecule has 2 saturated carbocycles. The summed E-state index contributed by atoms with van der Waals surface area (Å²) >= 11 is 1.69. The van der Waals surface area contributed by atoms with Crippen LogP contribution in [0, 0.1) is 5.41 Å². The second-order valence-corrected chi connectivity index (χ2v) is 7.17. The molecule has 1 N–H and O–H groups in total. The van der Waals surface area contributed by atoms with E-state index in [1.807, 2.05) is 0 Å². The van der Waals surface area contributed by atoms with Crippen molar-refractivity contribution in [1.29, 1.82) is 0 Å². The molecule has 0 saturated heterocycles. The summed E-state index contributed by atoms with van der Waals surface area (Å²) in [5.74, 6) is -0.578. The van der Waals surface area contributed by atoms with Crippen molar-refractivity contribution in [3.05, 3.63) is 0 Å².